The number of carbonyl (C=O) groups is 3. The summed E-state index contributed by atoms with van der Waals surface area (Å²) in [5, 5.41) is 5.92. The number of hydrogen-bond donors (Lipinski definition) is 2. The maximum Gasteiger partial charge on any atom is 0.267 e. The Morgan fingerprint density at radius 2 is 1.92 bits per heavy atom. The normalized spacial score (nSPS) is 10.6. The molecule has 1 heterocycles. The lowest BCUT2D eigenvalue weighted by molar-refractivity contribution is 0.0947. The minimum atomic E-state index is -0.354. The first kappa shape index (κ1) is 18.8. The quantitative estimate of drug-likeness (QED) is 0.775. The lowest BCUT2D eigenvalue weighted by Gasteiger charge is -2.11. The van der Waals surface area contributed by atoms with Crippen molar-refractivity contribution < 1.29 is 14.4 Å². The van der Waals surface area contributed by atoms with E-state index < -0.39 is 0 Å². The Labute approximate surface area is 150 Å². The van der Waals surface area contributed by atoms with Crippen LogP contribution in [0.4, 0.5) is 5.69 Å². The molecule has 7 heteroatoms. The molecular weight excluding hydrogens is 338 g/mol. The first-order chi connectivity index (χ1) is 11.8. The molecule has 0 aliphatic rings. The van der Waals surface area contributed by atoms with Crippen LogP contribution in [0.1, 0.15) is 56.2 Å². The number of nitrogens with zero attached hydrogens (tertiary/aromatic N) is 1. The van der Waals surface area contributed by atoms with Crippen molar-refractivity contribution >= 4 is 34.6 Å². The largest absolute Gasteiger partial charge is 0.352 e. The van der Waals surface area contributed by atoms with Crippen LogP contribution in [0.25, 0.3) is 0 Å². The average molecular weight is 359 g/mol. The van der Waals surface area contributed by atoms with Crippen molar-refractivity contribution in [3.05, 3.63) is 45.4 Å². The minimum absolute atomic E-state index is 0.177. The van der Waals surface area contributed by atoms with E-state index in [-0.39, 0.29) is 17.6 Å². The molecule has 0 bridgehead atoms. The van der Waals surface area contributed by atoms with Gasteiger partial charge in [-0.25, -0.2) is 4.98 Å². The molecule has 0 aliphatic heterocycles. The van der Waals surface area contributed by atoms with Gasteiger partial charge in [0.2, 0.25) is 0 Å². The smallest absolute Gasteiger partial charge is 0.267 e. The van der Waals surface area contributed by atoms with E-state index in [1.54, 1.807) is 18.2 Å². The molecule has 0 spiro atoms. The molecule has 2 rings (SSSR count). The van der Waals surface area contributed by atoms with E-state index in [4.69, 9.17) is 0 Å². The second-order valence-corrected chi connectivity index (χ2v) is 7.20. The number of aryl methyl sites for hydroxylation is 1. The summed E-state index contributed by atoms with van der Waals surface area (Å²) in [6.07, 6.45) is 1.38. The molecule has 0 atom stereocenters. The molecule has 0 radical (unpaired) electrons. The van der Waals surface area contributed by atoms with Gasteiger partial charge in [0.1, 0.15) is 4.88 Å². The zero-order valence-electron chi connectivity index (χ0n) is 14.7. The topological polar surface area (TPSA) is 88.2 Å². The molecular formula is C18H21N3O3S. The van der Waals surface area contributed by atoms with Gasteiger partial charge in [-0.2, -0.15) is 0 Å². The van der Waals surface area contributed by atoms with Gasteiger partial charge in [-0.05, 0) is 30.5 Å². The maximum absolute atomic E-state index is 12.3. The average Bonchev–Trinajstić information content (AvgIpc) is 3.05. The molecule has 1 aromatic carbocycles. The van der Waals surface area contributed by atoms with Gasteiger partial charge in [0, 0.05) is 24.7 Å². The summed E-state index contributed by atoms with van der Waals surface area (Å²) in [5.74, 6) is -0.354. The van der Waals surface area contributed by atoms with Gasteiger partial charge in [0.15, 0.2) is 10.8 Å². The number of carbonyl (C=O) groups excluding carboxylic acids is 3. The number of anilines is 1. The molecule has 0 aliphatic carbocycles. The predicted molar refractivity (Wildman–Crippen MR) is 98.4 cm³/mol. The van der Waals surface area contributed by atoms with E-state index in [1.165, 1.54) is 13.1 Å². The fourth-order valence-corrected chi connectivity index (χ4v) is 2.73. The molecule has 6 nitrogen and oxygen atoms in total. The Morgan fingerprint density at radius 3 is 2.52 bits per heavy atom. The van der Waals surface area contributed by atoms with Crippen LogP contribution in [0.5, 0.6) is 0 Å². The van der Waals surface area contributed by atoms with E-state index in [1.807, 2.05) is 20.8 Å². The summed E-state index contributed by atoms with van der Waals surface area (Å²) in [5.41, 5.74) is 1.88. The SMILES string of the molecule is CC(=O)c1ncc(C(=O)Nc2cc(C(=O)NCC(C)C)ccc2C)s1. The molecule has 0 fully saturated rings. The van der Waals surface area contributed by atoms with Crippen LogP contribution in [0.3, 0.4) is 0 Å². The van der Waals surface area contributed by atoms with Gasteiger partial charge >= 0.3 is 0 Å². The molecule has 1 aromatic heterocycles. The highest BCUT2D eigenvalue weighted by Gasteiger charge is 2.15. The lowest BCUT2D eigenvalue weighted by atomic mass is 10.1. The number of rotatable bonds is 6. The molecule has 0 saturated carbocycles. The summed E-state index contributed by atoms with van der Waals surface area (Å²) >= 11 is 1.04. The number of aromatic nitrogens is 1. The van der Waals surface area contributed by atoms with Gasteiger partial charge < -0.3 is 10.6 Å². The van der Waals surface area contributed by atoms with Gasteiger partial charge in [-0.3, -0.25) is 14.4 Å². The molecule has 0 saturated heterocycles. The minimum Gasteiger partial charge on any atom is -0.352 e. The van der Waals surface area contributed by atoms with Crippen LogP contribution in [0.2, 0.25) is 0 Å². The van der Waals surface area contributed by atoms with Crippen LogP contribution in [0.15, 0.2) is 24.4 Å². The Bertz CT molecular complexity index is 812. The molecule has 0 unspecified atom stereocenters. The van der Waals surface area contributed by atoms with Crippen LogP contribution in [-0.2, 0) is 0 Å². The summed E-state index contributed by atoms with van der Waals surface area (Å²) in [6.45, 7) is 7.88. The zero-order valence-corrected chi connectivity index (χ0v) is 15.5. The van der Waals surface area contributed by atoms with Crippen molar-refractivity contribution in [2.24, 2.45) is 5.92 Å². The number of Topliss-reactive ketones (excluding diaryl/α,β-unsaturated/α-hetero) is 1. The maximum atomic E-state index is 12.3. The lowest BCUT2D eigenvalue weighted by Crippen LogP contribution is -2.27. The summed E-state index contributed by atoms with van der Waals surface area (Å²) in [6, 6.07) is 5.16. The number of nitrogens with one attached hydrogen (secondary N) is 2. The Kier molecular flexibility index (Phi) is 6.03. The predicted octanol–water partition coefficient (Wildman–Crippen LogP) is 3.29. The molecule has 2 N–H and O–H groups in total. The molecule has 132 valence electrons. The number of hydrogen-bond acceptors (Lipinski definition) is 5. The first-order valence-corrected chi connectivity index (χ1v) is 8.76. The number of amides is 2. The standard InChI is InChI=1S/C18H21N3O3S/c1-10(2)8-19-16(23)13-6-5-11(3)14(7-13)21-17(24)15-9-20-18(25-15)12(4)22/h5-7,9-10H,8H2,1-4H3,(H,19,23)(H,21,24). The van der Waals surface area contributed by atoms with Crippen LogP contribution < -0.4 is 10.6 Å². The third-order valence-corrected chi connectivity index (χ3v) is 4.55. The Morgan fingerprint density at radius 1 is 1.20 bits per heavy atom. The van der Waals surface area contributed by atoms with Crippen molar-refractivity contribution in [1.29, 1.82) is 0 Å². The second-order valence-electron chi connectivity index (χ2n) is 6.17. The van der Waals surface area contributed by atoms with Crippen molar-refractivity contribution in [2.45, 2.75) is 27.7 Å². The second kappa shape index (κ2) is 8.02. The van der Waals surface area contributed by atoms with Crippen molar-refractivity contribution in [3.63, 3.8) is 0 Å². The van der Waals surface area contributed by atoms with Crippen molar-refractivity contribution in [3.8, 4) is 0 Å². The third-order valence-electron chi connectivity index (χ3n) is 3.45. The van der Waals surface area contributed by atoms with Crippen molar-refractivity contribution in [1.82, 2.24) is 10.3 Å². The van der Waals surface area contributed by atoms with Crippen LogP contribution in [-0.4, -0.2) is 29.1 Å². The summed E-state index contributed by atoms with van der Waals surface area (Å²) in [7, 11) is 0. The van der Waals surface area contributed by atoms with E-state index >= 15 is 0 Å². The van der Waals surface area contributed by atoms with Gasteiger partial charge in [-0.1, -0.05) is 19.9 Å². The van der Waals surface area contributed by atoms with E-state index in [0.29, 0.717) is 33.6 Å². The summed E-state index contributed by atoms with van der Waals surface area (Å²) in [4.78, 5) is 40.1. The zero-order chi connectivity index (χ0) is 18.6. The fourth-order valence-electron chi connectivity index (χ4n) is 2.02. The van der Waals surface area contributed by atoms with Gasteiger partial charge in [0.05, 0.1) is 6.20 Å². The van der Waals surface area contributed by atoms with Gasteiger partial charge in [0.25, 0.3) is 11.8 Å². The fraction of sp³-hybridized carbons (Fsp3) is 0.333. The first-order valence-electron chi connectivity index (χ1n) is 7.95. The number of benzene rings is 1. The highest BCUT2D eigenvalue weighted by atomic mass is 32.1. The molecule has 2 amide bonds. The van der Waals surface area contributed by atoms with E-state index in [0.717, 1.165) is 16.9 Å². The summed E-state index contributed by atoms with van der Waals surface area (Å²) < 4.78 is 0. The van der Waals surface area contributed by atoms with E-state index in [9.17, 15) is 14.4 Å². The van der Waals surface area contributed by atoms with Gasteiger partial charge in [-0.15, -0.1) is 11.3 Å². The van der Waals surface area contributed by atoms with Crippen LogP contribution >= 0.6 is 11.3 Å². The third kappa shape index (κ3) is 4.96. The Balaban J connectivity index is 2.15. The highest BCUT2D eigenvalue weighted by Crippen LogP contribution is 2.20. The van der Waals surface area contributed by atoms with Crippen LogP contribution in [0, 0.1) is 12.8 Å². The van der Waals surface area contributed by atoms with Crippen molar-refractivity contribution in [2.75, 3.05) is 11.9 Å². The van der Waals surface area contributed by atoms with E-state index in [2.05, 4.69) is 15.6 Å². The highest BCUT2D eigenvalue weighted by molar-refractivity contribution is 7.15. The number of thiazole rings is 1. The Hall–Kier alpha value is -2.54. The monoisotopic (exact) mass is 359 g/mol. The molecule has 2 aromatic rings. The number of ketones is 1. The molecule has 25 heavy (non-hydrogen) atoms.